The van der Waals surface area contributed by atoms with E-state index in [-0.39, 0.29) is 12.5 Å². The molecule has 0 aromatic heterocycles. The van der Waals surface area contributed by atoms with E-state index in [2.05, 4.69) is 0 Å². The Morgan fingerprint density at radius 2 is 1.72 bits per heavy atom. The van der Waals surface area contributed by atoms with Gasteiger partial charge in [0.1, 0.15) is 6.54 Å². The maximum atomic E-state index is 12.2. The number of nitrogens with zero attached hydrogens (tertiary/aromatic N) is 1. The quantitative estimate of drug-likeness (QED) is 0.889. The van der Waals surface area contributed by atoms with Gasteiger partial charge >= 0.3 is 5.97 Å². The Hall–Kier alpha value is -1.84. The molecule has 1 N–H and O–H groups in total. The first-order valence-electron chi connectivity index (χ1n) is 5.86. The van der Waals surface area contributed by atoms with E-state index >= 15 is 0 Å². The van der Waals surface area contributed by atoms with Gasteiger partial charge in [-0.25, -0.2) is 0 Å². The lowest BCUT2D eigenvalue weighted by Gasteiger charge is -2.28. The molecule has 1 rings (SSSR count). The third-order valence-corrected chi connectivity index (χ3v) is 2.47. The zero-order valence-corrected chi connectivity index (χ0v) is 11.0. The van der Waals surface area contributed by atoms with Gasteiger partial charge in [0.2, 0.25) is 5.91 Å². The van der Waals surface area contributed by atoms with E-state index in [1.807, 2.05) is 30.3 Å². The van der Waals surface area contributed by atoms with Crippen molar-refractivity contribution in [2.45, 2.75) is 27.3 Å². The SMILES string of the molecule is CC(C)(C)C(=O)N(CC(=O)O)Cc1ccccc1. The summed E-state index contributed by atoms with van der Waals surface area (Å²) in [6.07, 6.45) is 0. The monoisotopic (exact) mass is 249 g/mol. The van der Waals surface area contributed by atoms with Crippen LogP contribution in [-0.2, 0) is 16.1 Å². The van der Waals surface area contributed by atoms with Crippen molar-refractivity contribution in [2.24, 2.45) is 5.41 Å². The summed E-state index contributed by atoms with van der Waals surface area (Å²) in [6, 6.07) is 9.39. The lowest BCUT2D eigenvalue weighted by Crippen LogP contribution is -2.41. The summed E-state index contributed by atoms with van der Waals surface area (Å²) in [5.41, 5.74) is 0.348. The van der Waals surface area contributed by atoms with Gasteiger partial charge in [0.25, 0.3) is 0 Å². The molecular formula is C14H19NO3. The van der Waals surface area contributed by atoms with Gasteiger partial charge in [0, 0.05) is 12.0 Å². The van der Waals surface area contributed by atoms with Crippen molar-refractivity contribution in [1.82, 2.24) is 4.90 Å². The predicted molar refractivity (Wildman–Crippen MR) is 68.9 cm³/mol. The molecule has 1 aromatic carbocycles. The maximum Gasteiger partial charge on any atom is 0.323 e. The van der Waals surface area contributed by atoms with Crippen molar-refractivity contribution in [1.29, 1.82) is 0 Å². The van der Waals surface area contributed by atoms with Crippen LogP contribution in [0, 0.1) is 5.41 Å². The van der Waals surface area contributed by atoms with Crippen molar-refractivity contribution in [3.05, 3.63) is 35.9 Å². The van der Waals surface area contributed by atoms with Crippen LogP contribution in [0.5, 0.6) is 0 Å². The molecule has 0 aliphatic rings. The third-order valence-electron chi connectivity index (χ3n) is 2.47. The summed E-state index contributed by atoms with van der Waals surface area (Å²) in [5.74, 6) is -1.16. The zero-order valence-electron chi connectivity index (χ0n) is 11.0. The fourth-order valence-corrected chi connectivity index (χ4v) is 1.64. The Kier molecular flexibility index (Phi) is 4.48. The third kappa shape index (κ3) is 4.20. The Morgan fingerprint density at radius 3 is 2.17 bits per heavy atom. The summed E-state index contributed by atoms with van der Waals surface area (Å²) in [6.45, 7) is 5.41. The van der Waals surface area contributed by atoms with E-state index < -0.39 is 11.4 Å². The van der Waals surface area contributed by atoms with E-state index in [9.17, 15) is 9.59 Å². The van der Waals surface area contributed by atoms with E-state index in [1.54, 1.807) is 20.8 Å². The van der Waals surface area contributed by atoms with Gasteiger partial charge in [-0.3, -0.25) is 9.59 Å². The van der Waals surface area contributed by atoms with E-state index in [0.29, 0.717) is 6.54 Å². The van der Waals surface area contributed by atoms with Crippen molar-refractivity contribution < 1.29 is 14.7 Å². The van der Waals surface area contributed by atoms with E-state index in [4.69, 9.17) is 5.11 Å². The molecule has 0 saturated carbocycles. The standard InChI is InChI=1S/C14H19NO3/c1-14(2,3)13(18)15(10-12(16)17)9-11-7-5-4-6-8-11/h4-8H,9-10H2,1-3H3,(H,16,17). The number of carbonyl (C=O) groups excluding carboxylic acids is 1. The van der Waals surface area contributed by atoms with Crippen LogP contribution in [0.3, 0.4) is 0 Å². The van der Waals surface area contributed by atoms with Gasteiger partial charge in [0.15, 0.2) is 0 Å². The molecule has 4 nitrogen and oxygen atoms in total. The molecule has 0 bridgehead atoms. The van der Waals surface area contributed by atoms with Crippen molar-refractivity contribution >= 4 is 11.9 Å². The van der Waals surface area contributed by atoms with Crippen molar-refractivity contribution in [3.63, 3.8) is 0 Å². The number of carboxylic acids is 1. The van der Waals surface area contributed by atoms with Crippen LogP contribution >= 0.6 is 0 Å². The second-order valence-electron chi connectivity index (χ2n) is 5.29. The minimum Gasteiger partial charge on any atom is -0.480 e. The highest BCUT2D eigenvalue weighted by atomic mass is 16.4. The lowest BCUT2D eigenvalue weighted by molar-refractivity contribution is -0.148. The molecule has 0 heterocycles. The molecule has 0 aliphatic heterocycles. The van der Waals surface area contributed by atoms with Gasteiger partial charge in [-0.15, -0.1) is 0 Å². The largest absolute Gasteiger partial charge is 0.480 e. The highest BCUT2D eigenvalue weighted by Crippen LogP contribution is 2.19. The van der Waals surface area contributed by atoms with Gasteiger partial charge in [-0.05, 0) is 5.56 Å². The van der Waals surface area contributed by atoms with Crippen LogP contribution in [0.15, 0.2) is 30.3 Å². The van der Waals surface area contributed by atoms with Crippen LogP contribution in [0.4, 0.5) is 0 Å². The highest BCUT2D eigenvalue weighted by Gasteiger charge is 2.28. The van der Waals surface area contributed by atoms with Gasteiger partial charge in [0.05, 0.1) is 0 Å². The zero-order chi connectivity index (χ0) is 13.8. The Balaban J connectivity index is 2.86. The number of amides is 1. The molecule has 1 aromatic rings. The number of benzene rings is 1. The molecule has 0 aliphatic carbocycles. The van der Waals surface area contributed by atoms with Crippen LogP contribution in [0.2, 0.25) is 0 Å². The molecule has 98 valence electrons. The number of aliphatic carboxylic acids is 1. The van der Waals surface area contributed by atoms with E-state index in [0.717, 1.165) is 5.56 Å². The maximum absolute atomic E-state index is 12.2. The summed E-state index contributed by atoms with van der Waals surface area (Å²) < 4.78 is 0. The van der Waals surface area contributed by atoms with Crippen molar-refractivity contribution in [2.75, 3.05) is 6.54 Å². The number of hydrogen-bond acceptors (Lipinski definition) is 2. The molecule has 0 unspecified atom stereocenters. The first kappa shape index (κ1) is 14.2. The number of hydrogen-bond donors (Lipinski definition) is 1. The smallest absolute Gasteiger partial charge is 0.323 e. The second-order valence-corrected chi connectivity index (χ2v) is 5.29. The van der Waals surface area contributed by atoms with Crippen LogP contribution < -0.4 is 0 Å². The fraction of sp³-hybridized carbons (Fsp3) is 0.429. The van der Waals surface area contributed by atoms with Crippen LogP contribution in [0.1, 0.15) is 26.3 Å². The van der Waals surface area contributed by atoms with Crippen LogP contribution in [0.25, 0.3) is 0 Å². The summed E-state index contributed by atoms with van der Waals surface area (Å²) >= 11 is 0. The summed E-state index contributed by atoms with van der Waals surface area (Å²) in [7, 11) is 0. The molecule has 0 atom stereocenters. The topological polar surface area (TPSA) is 57.6 Å². The fourth-order valence-electron chi connectivity index (χ4n) is 1.64. The molecule has 0 fully saturated rings. The average Bonchev–Trinajstić information content (AvgIpc) is 2.26. The molecular weight excluding hydrogens is 230 g/mol. The number of rotatable bonds is 4. The highest BCUT2D eigenvalue weighted by molar-refractivity contribution is 5.85. The lowest BCUT2D eigenvalue weighted by atomic mass is 9.94. The van der Waals surface area contributed by atoms with Gasteiger partial charge in [-0.2, -0.15) is 0 Å². The minimum atomic E-state index is -0.997. The Labute approximate surface area is 107 Å². The molecule has 18 heavy (non-hydrogen) atoms. The van der Waals surface area contributed by atoms with Gasteiger partial charge in [-0.1, -0.05) is 51.1 Å². The molecule has 0 saturated heterocycles. The minimum absolute atomic E-state index is 0.159. The summed E-state index contributed by atoms with van der Waals surface area (Å²) in [5, 5.41) is 8.88. The van der Waals surface area contributed by atoms with Crippen molar-refractivity contribution in [3.8, 4) is 0 Å². The van der Waals surface area contributed by atoms with E-state index in [1.165, 1.54) is 4.90 Å². The first-order valence-corrected chi connectivity index (χ1v) is 5.86. The Morgan fingerprint density at radius 1 is 1.17 bits per heavy atom. The van der Waals surface area contributed by atoms with Gasteiger partial charge < -0.3 is 10.0 Å². The summed E-state index contributed by atoms with van der Waals surface area (Å²) in [4.78, 5) is 24.4. The molecule has 1 amide bonds. The first-order chi connectivity index (χ1) is 8.30. The average molecular weight is 249 g/mol. The Bertz CT molecular complexity index is 420. The molecule has 0 radical (unpaired) electrons. The molecule has 4 heteroatoms. The van der Waals surface area contributed by atoms with Crippen LogP contribution in [-0.4, -0.2) is 28.4 Å². The molecule has 0 spiro atoms. The number of carbonyl (C=O) groups is 2. The predicted octanol–water partition coefficient (Wildman–Crippen LogP) is 2.15. The normalized spacial score (nSPS) is 11.1. The number of carboxylic acid groups (broad SMARTS) is 1. The second kappa shape index (κ2) is 5.67.